The molecule has 0 saturated heterocycles. The van der Waals surface area contributed by atoms with Crippen LogP contribution in [0.4, 0.5) is 0 Å². The number of benzene rings is 1. The Labute approximate surface area is 137 Å². The van der Waals surface area contributed by atoms with Crippen molar-refractivity contribution in [3.05, 3.63) is 52.4 Å². The molecule has 0 atom stereocenters. The normalized spacial score (nSPS) is 13.8. The first-order chi connectivity index (χ1) is 11.0. The molecule has 7 heteroatoms. The minimum absolute atomic E-state index is 0.141. The molecule has 2 aromatic rings. The smallest absolute Gasteiger partial charge is 0.323 e. The minimum Gasteiger partial charge on any atom is -0.480 e. The summed E-state index contributed by atoms with van der Waals surface area (Å²) in [5.41, 5.74) is 0.928. The summed E-state index contributed by atoms with van der Waals surface area (Å²) in [5.74, 6) is -0.514. The van der Waals surface area contributed by atoms with Crippen LogP contribution in [-0.2, 0) is 11.3 Å². The van der Waals surface area contributed by atoms with Gasteiger partial charge in [-0.2, -0.15) is 0 Å². The van der Waals surface area contributed by atoms with Gasteiger partial charge in [-0.25, -0.2) is 0 Å². The van der Waals surface area contributed by atoms with Crippen molar-refractivity contribution in [3.63, 3.8) is 0 Å². The third-order valence-electron chi connectivity index (χ3n) is 3.63. The summed E-state index contributed by atoms with van der Waals surface area (Å²) in [4.78, 5) is 24.8. The van der Waals surface area contributed by atoms with Gasteiger partial charge < -0.3 is 14.5 Å². The van der Waals surface area contributed by atoms with Crippen LogP contribution in [0, 0.1) is 0 Å². The number of rotatable bonds is 6. The summed E-state index contributed by atoms with van der Waals surface area (Å²) in [6.45, 7) is -0.249. The van der Waals surface area contributed by atoms with Crippen molar-refractivity contribution in [2.24, 2.45) is 0 Å². The number of hydrogen-bond acceptors (Lipinski definition) is 4. The Morgan fingerprint density at radius 1 is 1.30 bits per heavy atom. The molecular formula is C16H15ClN2O4. The van der Waals surface area contributed by atoms with Crippen molar-refractivity contribution in [1.82, 2.24) is 10.1 Å². The SMILES string of the molecule is O=C(O)CN(Cc1ccc(Cl)cc1)C(=O)c1cc(C2CC2)on1. The second-order valence-corrected chi connectivity index (χ2v) is 6.01. The number of aromatic nitrogens is 1. The molecule has 1 N–H and O–H groups in total. The van der Waals surface area contributed by atoms with Crippen LogP contribution in [0.3, 0.4) is 0 Å². The molecule has 0 spiro atoms. The summed E-state index contributed by atoms with van der Waals surface area (Å²) >= 11 is 5.83. The predicted molar refractivity (Wildman–Crippen MR) is 82.3 cm³/mol. The molecule has 1 aliphatic rings. The number of carbonyl (C=O) groups excluding carboxylic acids is 1. The van der Waals surface area contributed by atoms with Gasteiger partial charge in [0.2, 0.25) is 0 Å². The van der Waals surface area contributed by atoms with E-state index in [2.05, 4.69) is 5.16 Å². The van der Waals surface area contributed by atoms with Crippen molar-refractivity contribution in [3.8, 4) is 0 Å². The van der Waals surface area contributed by atoms with Gasteiger partial charge in [0.15, 0.2) is 5.69 Å². The summed E-state index contributed by atoms with van der Waals surface area (Å²) in [6.07, 6.45) is 2.07. The van der Waals surface area contributed by atoms with E-state index in [1.807, 2.05) is 0 Å². The predicted octanol–water partition coefficient (Wildman–Crippen LogP) is 2.93. The van der Waals surface area contributed by atoms with Gasteiger partial charge in [0.05, 0.1) is 0 Å². The van der Waals surface area contributed by atoms with E-state index in [4.69, 9.17) is 21.2 Å². The van der Waals surface area contributed by atoms with Gasteiger partial charge in [-0.1, -0.05) is 28.9 Å². The van der Waals surface area contributed by atoms with Crippen LogP contribution >= 0.6 is 11.6 Å². The highest BCUT2D eigenvalue weighted by molar-refractivity contribution is 6.30. The van der Waals surface area contributed by atoms with Gasteiger partial charge in [-0.15, -0.1) is 0 Å². The van der Waals surface area contributed by atoms with E-state index in [0.29, 0.717) is 16.7 Å². The fourth-order valence-corrected chi connectivity index (χ4v) is 2.41. The minimum atomic E-state index is -1.08. The molecule has 1 aliphatic carbocycles. The van der Waals surface area contributed by atoms with E-state index in [0.717, 1.165) is 18.4 Å². The first-order valence-corrected chi connectivity index (χ1v) is 7.63. The van der Waals surface area contributed by atoms with E-state index < -0.39 is 18.4 Å². The molecule has 1 heterocycles. The van der Waals surface area contributed by atoms with Crippen LogP contribution in [0.2, 0.25) is 5.02 Å². The van der Waals surface area contributed by atoms with Gasteiger partial charge in [0, 0.05) is 23.6 Å². The highest BCUT2D eigenvalue weighted by Gasteiger charge is 2.30. The maximum absolute atomic E-state index is 12.5. The maximum atomic E-state index is 12.5. The monoisotopic (exact) mass is 334 g/mol. The van der Waals surface area contributed by atoms with Crippen molar-refractivity contribution in [2.45, 2.75) is 25.3 Å². The summed E-state index contributed by atoms with van der Waals surface area (Å²) in [7, 11) is 0. The Bertz CT molecular complexity index is 722. The molecule has 0 radical (unpaired) electrons. The Hall–Kier alpha value is -2.34. The molecule has 23 heavy (non-hydrogen) atoms. The third-order valence-corrected chi connectivity index (χ3v) is 3.88. The molecule has 1 fully saturated rings. The summed E-state index contributed by atoms with van der Waals surface area (Å²) < 4.78 is 5.17. The molecule has 1 aromatic carbocycles. The van der Waals surface area contributed by atoms with Crippen LogP contribution in [0.1, 0.15) is 40.6 Å². The summed E-state index contributed by atoms with van der Waals surface area (Å²) in [6, 6.07) is 8.51. The Morgan fingerprint density at radius 2 is 2.00 bits per heavy atom. The molecule has 1 saturated carbocycles. The number of halogens is 1. The molecule has 1 aromatic heterocycles. The average Bonchev–Trinajstić information content (AvgIpc) is 3.25. The van der Waals surface area contributed by atoms with Crippen LogP contribution < -0.4 is 0 Å². The van der Waals surface area contributed by atoms with Gasteiger partial charge >= 0.3 is 5.97 Å². The van der Waals surface area contributed by atoms with Crippen molar-refractivity contribution >= 4 is 23.5 Å². The molecule has 6 nitrogen and oxygen atoms in total. The second kappa shape index (κ2) is 6.42. The molecule has 0 aliphatic heterocycles. The third kappa shape index (κ3) is 3.90. The van der Waals surface area contributed by atoms with Crippen LogP contribution in [0.15, 0.2) is 34.9 Å². The van der Waals surface area contributed by atoms with Gasteiger partial charge in [0.1, 0.15) is 12.3 Å². The van der Waals surface area contributed by atoms with Crippen molar-refractivity contribution < 1.29 is 19.2 Å². The number of amides is 1. The molecule has 3 rings (SSSR count). The van der Waals surface area contributed by atoms with E-state index in [9.17, 15) is 9.59 Å². The fraction of sp³-hybridized carbons (Fsp3) is 0.312. The van der Waals surface area contributed by atoms with Crippen LogP contribution in [-0.4, -0.2) is 33.6 Å². The number of carboxylic acid groups (broad SMARTS) is 1. The maximum Gasteiger partial charge on any atom is 0.323 e. The fourth-order valence-electron chi connectivity index (χ4n) is 2.29. The Morgan fingerprint density at radius 3 is 2.61 bits per heavy atom. The van der Waals surface area contributed by atoms with Crippen LogP contribution in [0.5, 0.6) is 0 Å². The van der Waals surface area contributed by atoms with Gasteiger partial charge in [-0.3, -0.25) is 9.59 Å². The molecular weight excluding hydrogens is 320 g/mol. The highest BCUT2D eigenvalue weighted by atomic mass is 35.5. The van der Waals surface area contributed by atoms with E-state index in [-0.39, 0.29) is 12.2 Å². The topological polar surface area (TPSA) is 83.6 Å². The number of carboxylic acids is 1. The van der Waals surface area contributed by atoms with Crippen molar-refractivity contribution in [2.75, 3.05) is 6.54 Å². The lowest BCUT2D eigenvalue weighted by Gasteiger charge is -2.19. The largest absolute Gasteiger partial charge is 0.480 e. The van der Waals surface area contributed by atoms with Crippen molar-refractivity contribution in [1.29, 1.82) is 0 Å². The lowest BCUT2D eigenvalue weighted by Crippen LogP contribution is -2.35. The first kappa shape index (κ1) is 15.6. The van der Waals surface area contributed by atoms with Crippen LogP contribution in [0.25, 0.3) is 0 Å². The highest BCUT2D eigenvalue weighted by Crippen LogP contribution is 2.40. The zero-order valence-corrected chi connectivity index (χ0v) is 13.0. The standard InChI is InChI=1S/C16H15ClN2O4/c17-12-5-1-10(2-6-12)8-19(9-15(20)21)16(22)13-7-14(23-18-13)11-3-4-11/h1-2,5-7,11H,3-4,8-9H2,(H,20,21). The van der Waals surface area contributed by atoms with E-state index in [1.54, 1.807) is 30.3 Å². The molecule has 1 amide bonds. The zero-order valence-electron chi connectivity index (χ0n) is 12.2. The second-order valence-electron chi connectivity index (χ2n) is 5.57. The number of nitrogens with zero attached hydrogens (tertiary/aromatic N) is 2. The molecule has 120 valence electrons. The first-order valence-electron chi connectivity index (χ1n) is 7.25. The molecule has 0 unspecified atom stereocenters. The van der Waals surface area contributed by atoms with E-state index >= 15 is 0 Å². The average molecular weight is 335 g/mol. The number of carbonyl (C=O) groups is 2. The van der Waals surface area contributed by atoms with E-state index in [1.165, 1.54) is 4.90 Å². The quantitative estimate of drug-likeness (QED) is 0.878. The lowest BCUT2D eigenvalue weighted by molar-refractivity contribution is -0.137. The van der Waals surface area contributed by atoms with Gasteiger partial charge in [0.25, 0.3) is 5.91 Å². The number of aliphatic carboxylic acids is 1. The van der Waals surface area contributed by atoms with Gasteiger partial charge in [-0.05, 0) is 30.5 Å². The molecule has 0 bridgehead atoms. The number of hydrogen-bond donors (Lipinski definition) is 1. The Kier molecular flexibility index (Phi) is 4.34. The zero-order chi connectivity index (χ0) is 16.4. The lowest BCUT2D eigenvalue weighted by atomic mass is 10.2. The summed E-state index contributed by atoms with van der Waals surface area (Å²) in [5, 5.41) is 13.4. The Balaban J connectivity index is 1.77.